The quantitative estimate of drug-likeness (QED) is 0.697. The second-order valence-corrected chi connectivity index (χ2v) is 5.16. The van der Waals surface area contributed by atoms with Gasteiger partial charge in [0.2, 0.25) is 0 Å². The van der Waals surface area contributed by atoms with E-state index in [9.17, 15) is 4.79 Å². The van der Waals surface area contributed by atoms with Gasteiger partial charge in [0.1, 0.15) is 0 Å². The summed E-state index contributed by atoms with van der Waals surface area (Å²) < 4.78 is 5.10. The van der Waals surface area contributed by atoms with Gasteiger partial charge in [-0.1, -0.05) is 17.7 Å². The number of allylic oxidation sites excluding steroid dienone is 3. The summed E-state index contributed by atoms with van der Waals surface area (Å²) in [5.74, 6) is 1.37. The smallest absolute Gasteiger partial charge is 0.409 e. The molecule has 1 heterocycles. The number of piperidine rings is 1. The van der Waals surface area contributed by atoms with Crippen molar-refractivity contribution >= 4 is 6.09 Å². The highest BCUT2D eigenvalue weighted by molar-refractivity contribution is 5.68. The minimum absolute atomic E-state index is 0.133. The molecule has 0 saturated carbocycles. The van der Waals surface area contributed by atoms with Gasteiger partial charge in [-0.3, -0.25) is 0 Å². The number of likely N-dealkylation sites (tertiary alicyclic amines) is 1. The summed E-state index contributed by atoms with van der Waals surface area (Å²) in [6, 6.07) is 0. The zero-order valence-electron chi connectivity index (χ0n) is 10.3. The van der Waals surface area contributed by atoms with Crippen LogP contribution in [0.2, 0.25) is 0 Å². The van der Waals surface area contributed by atoms with E-state index in [-0.39, 0.29) is 6.09 Å². The third-order valence-corrected chi connectivity index (χ3v) is 4.28. The molecule has 2 atom stereocenters. The Morgan fingerprint density at radius 3 is 3.29 bits per heavy atom. The average Bonchev–Trinajstić information content (AvgIpc) is 2.88. The fourth-order valence-electron chi connectivity index (χ4n) is 3.46. The van der Waals surface area contributed by atoms with Gasteiger partial charge in [-0.15, -0.1) is 0 Å². The van der Waals surface area contributed by atoms with Crippen LogP contribution in [0.5, 0.6) is 0 Å². The third kappa shape index (κ3) is 1.78. The molecule has 2 aliphatic carbocycles. The van der Waals surface area contributed by atoms with Crippen molar-refractivity contribution in [3.63, 3.8) is 0 Å². The van der Waals surface area contributed by atoms with Gasteiger partial charge in [0.05, 0.1) is 6.61 Å². The Kier molecular flexibility index (Phi) is 2.69. The summed E-state index contributed by atoms with van der Waals surface area (Å²) in [5, 5.41) is 0. The third-order valence-electron chi connectivity index (χ3n) is 4.28. The summed E-state index contributed by atoms with van der Waals surface area (Å²) in [5.41, 5.74) is 3.13. The zero-order chi connectivity index (χ0) is 11.8. The summed E-state index contributed by atoms with van der Waals surface area (Å²) in [6.07, 6.45) is 7.86. The van der Waals surface area contributed by atoms with Crippen molar-refractivity contribution in [2.45, 2.75) is 26.2 Å². The molecule has 0 aromatic rings. The Morgan fingerprint density at radius 1 is 1.59 bits per heavy atom. The van der Waals surface area contributed by atoms with Crippen LogP contribution in [-0.2, 0) is 4.74 Å². The normalized spacial score (nSPS) is 30.5. The maximum Gasteiger partial charge on any atom is 0.409 e. The first kappa shape index (κ1) is 10.9. The maximum absolute atomic E-state index is 11.8. The molecule has 0 aromatic carbocycles. The molecule has 1 saturated heterocycles. The highest BCUT2D eigenvalue weighted by atomic mass is 16.6. The molecular formula is C14H19NO2. The largest absolute Gasteiger partial charge is 0.450 e. The van der Waals surface area contributed by atoms with E-state index in [4.69, 9.17) is 4.74 Å². The first-order valence-corrected chi connectivity index (χ1v) is 6.59. The average molecular weight is 233 g/mol. The lowest BCUT2D eigenvalue weighted by Gasteiger charge is -2.35. The molecule has 17 heavy (non-hydrogen) atoms. The minimum Gasteiger partial charge on any atom is -0.450 e. The molecular weight excluding hydrogens is 214 g/mol. The molecule has 0 N–H and O–H groups in total. The number of fused-ring (bicyclic) bond motifs is 2. The molecule has 3 heteroatoms. The zero-order valence-corrected chi connectivity index (χ0v) is 10.3. The van der Waals surface area contributed by atoms with Crippen molar-refractivity contribution in [2.24, 2.45) is 11.8 Å². The van der Waals surface area contributed by atoms with Crippen molar-refractivity contribution in [3.8, 4) is 0 Å². The lowest BCUT2D eigenvalue weighted by atomic mass is 9.84. The van der Waals surface area contributed by atoms with Crippen LogP contribution in [0.3, 0.4) is 0 Å². The Bertz CT molecular complexity index is 397. The molecule has 0 aromatic heterocycles. The van der Waals surface area contributed by atoms with Gasteiger partial charge < -0.3 is 9.64 Å². The molecule has 1 amide bonds. The molecule has 1 aliphatic heterocycles. The number of rotatable bonds is 1. The van der Waals surface area contributed by atoms with Gasteiger partial charge in [-0.05, 0) is 37.7 Å². The van der Waals surface area contributed by atoms with Crippen LogP contribution in [0, 0.1) is 11.8 Å². The lowest BCUT2D eigenvalue weighted by molar-refractivity contribution is 0.0815. The van der Waals surface area contributed by atoms with E-state index in [1.54, 1.807) is 11.1 Å². The van der Waals surface area contributed by atoms with Gasteiger partial charge in [-0.25, -0.2) is 4.79 Å². The second kappa shape index (κ2) is 4.21. The first-order valence-electron chi connectivity index (χ1n) is 6.59. The summed E-state index contributed by atoms with van der Waals surface area (Å²) in [6.45, 7) is 4.06. The number of amides is 1. The van der Waals surface area contributed by atoms with Crippen LogP contribution < -0.4 is 0 Å². The molecule has 1 fully saturated rings. The molecule has 0 spiro atoms. The predicted octanol–water partition coefficient (Wildman–Crippen LogP) is 2.74. The Labute approximate surface area is 102 Å². The standard InChI is InChI=1S/C14H19NO2/c1-2-17-14(16)15-7-6-11-8-10-4-3-5-12(10)13(11)9-15/h3-4,11,13H,2,5-9H2,1H3. The van der Waals surface area contributed by atoms with Crippen molar-refractivity contribution < 1.29 is 9.53 Å². The number of ether oxygens (including phenoxy) is 1. The number of hydrogen-bond donors (Lipinski definition) is 0. The van der Waals surface area contributed by atoms with Crippen molar-refractivity contribution in [2.75, 3.05) is 19.7 Å². The first-order chi connectivity index (χ1) is 8.29. The molecule has 3 aliphatic rings. The van der Waals surface area contributed by atoms with Crippen molar-refractivity contribution in [1.82, 2.24) is 4.90 Å². The van der Waals surface area contributed by atoms with Gasteiger partial charge >= 0.3 is 6.09 Å². The summed E-state index contributed by atoms with van der Waals surface area (Å²) in [4.78, 5) is 13.6. The highest BCUT2D eigenvalue weighted by Gasteiger charge is 2.39. The van der Waals surface area contributed by atoms with Crippen LogP contribution in [0.4, 0.5) is 4.79 Å². The lowest BCUT2D eigenvalue weighted by Crippen LogP contribution is -2.43. The van der Waals surface area contributed by atoms with E-state index < -0.39 is 0 Å². The highest BCUT2D eigenvalue weighted by Crippen LogP contribution is 2.46. The summed E-state index contributed by atoms with van der Waals surface area (Å²) >= 11 is 0. The fraction of sp³-hybridized carbons (Fsp3) is 0.643. The second-order valence-electron chi connectivity index (χ2n) is 5.16. The predicted molar refractivity (Wildman–Crippen MR) is 65.6 cm³/mol. The number of nitrogens with zero attached hydrogens (tertiary/aromatic N) is 1. The van der Waals surface area contributed by atoms with Crippen LogP contribution in [0.25, 0.3) is 0 Å². The number of carbonyl (C=O) groups excluding carboxylic acids is 1. The topological polar surface area (TPSA) is 29.5 Å². The molecule has 92 valence electrons. The van der Waals surface area contributed by atoms with Gasteiger partial charge in [-0.2, -0.15) is 0 Å². The van der Waals surface area contributed by atoms with E-state index in [2.05, 4.69) is 12.2 Å². The van der Waals surface area contributed by atoms with Gasteiger partial charge in [0.15, 0.2) is 0 Å². The minimum atomic E-state index is -0.133. The SMILES string of the molecule is CCOC(=O)N1CCC2CC3=C(CC=C3)C2C1. The van der Waals surface area contributed by atoms with Crippen LogP contribution in [0.15, 0.2) is 23.3 Å². The van der Waals surface area contributed by atoms with Gasteiger partial charge in [0, 0.05) is 19.0 Å². The molecule has 0 radical (unpaired) electrons. The van der Waals surface area contributed by atoms with E-state index in [0.29, 0.717) is 12.5 Å². The Morgan fingerprint density at radius 2 is 2.47 bits per heavy atom. The van der Waals surface area contributed by atoms with Crippen LogP contribution in [-0.4, -0.2) is 30.7 Å². The number of hydrogen-bond acceptors (Lipinski definition) is 2. The molecule has 3 rings (SSSR count). The van der Waals surface area contributed by atoms with Crippen LogP contribution >= 0.6 is 0 Å². The monoisotopic (exact) mass is 233 g/mol. The summed E-state index contributed by atoms with van der Waals surface area (Å²) in [7, 11) is 0. The maximum atomic E-state index is 11.8. The molecule has 2 unspecified atom stereocenters. The number of carbonyl (C=O) groups is 1. The Balaban J connectivity index is 1.70. The molecule has 0 bridgehead atoms. The van der Waals surface area contributed by atoms with E-state index in [0.717, 1.165) is 31.8 Å². The van der Waals surface area contributed by atoms with E-state index >= 15 is 0 Å². The van der Waals surface area contributed by atoms with E-state index in [1.165, 1.54) is 6.42 Å². The van der Waals surface area contributed by atoms with E-state index in [1.807, 2.05) is 11.8 Å². The van der Waals surface area contributed by atoms with Crippen molar-refractivity contribution in [1.29, 1.82) is 0 Å². The molecule has 3 nitrogen and oxygen atoms in total. The van der Waals surface area contributed by atoms with Crippen LogP contribution in [0.1, 0.15) is 26.2 Å². The van der Waals surface area contributed by atoms with Crippen molar-refractivity contribution in [3.05, 3.63) is 23.3 Å². The van der Waals surface area contributed by atoms with Gasteiger partial charge in [0.25, 0.3) is 0 Å². The Hall–Kier alpha value is -1.25. The fourth-order valence-corrected chi connectivity index (χ4v) is 3.46.